The Balaban J connectivity index is 2.17. The van der Waals surface area contributed by atoms with Crippen LogP contribution < -0.4 is 5.32 Å². The Morgan fingerprint density at radius 1 is 1.62 bits per heavy atom. The van der Waals surface area contributed by atoms with Crippen molar-refractivity contribution in [1.29, 1.82) is 0 Å². The molecule has 48 valence electrons. The predicted molar refractivity (Wildman–Crippen MR) is 29.4 cm³/mol. The summed E-state index contributed by atoms with van der Waals surface area (Å²) < 4.78 is 4.95. The zero-order valence-electron chi connectivity index (χ0n) is 4.76. The molecule has 3 heteroatoms. The third-order valence-electron chi connectivity index (χ3n) is 1.17. The van der Waals surface area contributed by atoms with E-state index in [2.05, 4.69) is 5.32 Å². The van der Waals surface area contributed by atoms with Crippen LogP contribution in [0.15, 0.2) is 0 Å². The number of hydrogen-bond acceptors (Lipinski definition) is 3. The third kappa shape index (κ3) is 1.78. The molecule has 0 aliphatic carbocycles. The van der Waals surface area contributed by atoms with Crippen LogP contribution in [0.25, 0.3) is 0 Å². The van der Waals surface area contributed by atoms with Gasteiger partial charge >= 0.3 is 0 Å². The highest BCUT2D eigenvalue weighted by Gasteiger charge is 2.06. The Kier molecular flexibility index (Phi) is 2.27. The van der Waals surface area contributed by atoms with Crippen LogP contribution >= 0.6 is 0 Å². The van der Waals surface area contributed by atoms with Gasteiger partial charge in [-0.05, 0) is 13.0 Å². The lowest BCUT2D eigenvalue weighted by molar-refractivity contribution is 0.0477. The molecule has 8 heavy (non-hydrogen) atoms. The van der Waals surface area contributed by atoms with Gasteiger partial charge in [-0.15, -0.1) is 0 Å². The van der Waals surface area contributed by atoms with Crippen molar-refractivity contribution in [2.45, 2.75) is 12.5 Å². The molecule has 0 saturated carbocycles. The fourth-order valence-corrected chi connectivity index (χ4v) is 0.691. The molecule has 1 aliphatic rings. The van der Waals surface area contributed by atoms with Gasteiger partial charge in [0.25, 0.3) is 0 Å². The standard InChI is InChI=1S/C5H11NO2/c7-5-1-2-6-4-8-3-5/h5-7H,1-4H2. The van der Waals surface area contributed by atoms with Crippen molar-refractivity contribution in [3.63, 3.8) is 0 Å². The zero-order valence-corrected chi connectivity index (χ0v) is 4.76. The maximum absolute atomic E-state index is 8.92. The molecule has 1 unspecified atom stereocenters. The molecule has 0 aromatic rings. The summed E-state index contributed by atoms with van der Waals surface area (Å²) in [4.78, 5) is 0. The summed E-state index contributed by atoms with van der Waals surface area (Å²) in [6.45, 7) is 1.92. The summed E-state index contributed by atoms with van der Waals surface area (Å²) in [5.74, 6) is 0. The molecule has 0 spiro atoms. The molecule has 0 amide bonds. The maximum atomic E-state index is 8.92. The van der Waals surface area contributed by atoms with Gasteiger partial charge in [0.15, 0.2) is 0 Å². The van der Waals surface area contributed by atoms with Gasteiger partial charge in [0.1, 0.15) is 0 Å². The van der Waals surface area contributed by atoms with Crippen LogP contribution in [0.2, 0.25) is 0 Å². The molecule has 0 radical (unpaired) electrons. The number of nitrogens with one attached hydrogen (secondary N) is 1. The van der Waals surface area contributed by atoms with Gasteiger partial charge in [0, 0.05) is 0 Å². The molecule has 1 saturated heterocycles. The maximum Gasteiger partial charge on any atom is 0.0966 e. The van der Waals surface area contributed by atoms with Gasteiger partial charge in [0.05, 0.1) is 19.4 Å². The van der Waals surface area contributed by atoms with E-state index < -0.39 is 0 Å². The lowest BCUT2D eigenvalue weighted by Gasteiger charge is -2.01. The van der Waals surface area contributed by atoms with Crippen LogP contribution in [-0.4, -0.2) is 31.1 Å². The molecular weight excluding hydrogens is 106 g/mol. The van der Waals surface area contributed by atoms with E-state index in [0.717, 1.165) is 13.0 Å². The third-order valence-corrected chi connectivity index (χ3v) is 1.17. The van der Waals surface area contributed by atoms with Crippen molar-refractivity contribution in [2.24, 2.45) is 0 Å². The average molecular weight is 117 g/mol. The summed E-state index contributed by atoms with van der Waals surface area (Å²) in [6.07, 6.45) is 0.546. The van der Waals surface area contributed by atoms with Crippen molar-refractivity contribution in [3.05, 3.63) is 0 Å². The van der Waals surface area contributed by atoms with E-state index in [4.69, 9.17) is 9.84 Å². The Labute approximate surface area is 48.7 Å². The molecule has 0 bridgehead atoms. The summed E-state index contributed by atoms with van der Waals surface area (Å²) >= 11 is 0. The predicted octanol–water partition coefficient (Wildman–Crippen LogP) is -0.685. The Morgan fingerprint density at radius 3 is 3.38 bits per heavy atom. The Hall–Kier alpha value is -0.120. The van der Waals surface area contributed by atoms with E-state index in [1.165, 1.54) is 0 Å². The Bertz CT molecular complexity index is 59.4. The molecule has 1 heterocycles. The number of rotatable bonds is 0. The normalized spacial score (nSPS) is 31.9. The van der Waals surface area contributed by atoms with E-state index >= 15 is 0 Å². The smallest absolute Gasteiger partial charge is 0.0966 e. The van der Waals surface area contributed by atoms with Crippen molar-refractivity contribution < 1.29 is 9.84 Å². The van der Waals surface area contributed by atoms with Crippen LogP contribution in [0.3, 0.4) is 0 Å². The number of aliphatic hydroxyl groups is 1. The minimum atomic E-state index is -0.259. The van der Waals surface area contributed by atoms with Crippen LogP contribution in [0.1, 0.15) is 6.42 Å². The molecule has 1 rings (SSSR count). The van der Waals surface area contributed by atoms with Crippen molar-refractivity contribution in [3.8, 4) is 0 Å². The van der Waals surface area contributed by atoms with Crippen molar-refractivity contribution in [2.75, 3.05) is 19.9 Å². The number of aliphatic hydroxyl groups excluding tert-OH is 1. The second-order valence-electron chi connectivity index (χ2n) is 1.96. The first-order chi connectivity index (χ1) is 3.89. The monoisotopic (exact) mass is 117 g/mol. The minimum absolute atomic E-state index is 0.259. The van der Waals surface area contributed by atoms with E-state index in [0.29, 0.717) is 13.3 Å². The van der Waals surface area contributed by atoms with E-state index in [1.807, 2.05) is 0 Å². The highest BCUT2D eigenvalue weighted by Crippen LogP contribution is 1.93. The van der Waals surface area contributed by atoms with E-state index in [-0.39, 0.29) is 6.10 Å². The molecule has 1 atom stereocenters. The highest BCUT2D eigenvalue weighted by atomic mass is 16.5. The summed E-state index contributed by atoms with van der Waals surface area (Å²) in [6, 6.07) is 0. The Morgan fingerprint density at radius 2 is 2.50 bits per heavy atom. The van der Waals surface area contributed by atoms with Gasteiger partial charge in [0.2, 0.25) is 0 Å². The van der Waals surface area contributed by atoms with Gasteiger partial charge in [-0.1, -0.05) is 0 Å². The molecule has 0 aromatic carbocycles. The van der Waals surface area contributed by atoms with Crippen LogP contribution in [-0.2, 0) is 4.74 Å². The largest absolute Gasteiger partial charge is 0.391 e. The lowest BCUT2D eigenvalue weighted by atomic mass is 10.3. The first kappa shape index (κ1) is 6.01. The molecule has 1 fully saturated rings. The summed E-state index contributed by atoms with van der Waals surface area (Å²) in [5.41, 5.74) is 0. The second-order valence-corrected chi connectivity index (χ2v) is 1.96. The second kappa shape index (κ2) is 3.02. The fraction of sp³-hybridized carbons (Fsp3) is 1.00. The quantitative estimate of drug-likeness (QED) is 0.441. The topological polar surface area (TPSA) is 41.5 Å². The summed E-state index contributed by atoms with van der Waals surface area (Å²) in [7, 11) is 0. The molecule has 2 N–H and O–H groups in total. The number of ether oxygens (including phenoxy) is 1. The first-order valence-electron chi connectivity index (χ1n) is 2.86. The fourth-order valence-electron chi connectivity index (χ4n) is 0.691. The highest BCUT2D eigenvalue weighted by molar-refractivity contribution is 4.58. The summed E-state index contributed by atoms with van der Waals surface area (Å²) in [5, 5.41) is 11.9. The SMILES string of the molecule is OC1CCNCOC1. The molecular formula is C5H11NO2. The lowest BCUT2D eigenvalue weighted by Crippen LogP contribution is -2.15. The zero-order chi connectivity index (χ0) is 5.82. The van der Waals surface area contributed by atoms with Crippen molar-refractivity contribution >= 4 is 0 Å². The number of hydrogen-bond donors (Lipinski definition) is 2. The van der Waals surface area contributed by atoms with Gasteiger partial charge in [-0.3, -0.25) is 5.32 Å². The van der Waals surface area contributed by atoms with Crippen LogP contribution in [0.5, 0.6) is 0 Å². The average Bonchev–Trinajstić information content (AvgIpc) is 1.94. The molecule has 3 nitrogen and oxygen atoms in total. The van der Waals surface area contributed by atoms with Gasteiger partial charge in [-0.2, -0.15) is 0 Å². The van der Waals surface area contributed by atoms with E-state index in [1.54, 1.807) is 0 Å². The van der Waals surface area contributed by atoms with E-state index in [9.17, 15) is 0 Å². The van der Waals surface area contributed by atoms with Crippen LogP contribution in [0.4, 0.5) is 0 Å². The molecule has 1 aliphatic heterocycles. The van der Waals surface area contributed by atoms with Crippen LogP contribution in [0, 0.1) is 0 Å². The first-order valence-corrected chi connectivity index (χ1v) is 2.86. The van der Waals surface area contributed by atoms with Gasteiger partial charge in [-0.25, -0.2) is 0 Å². The minimum Gasteiger partial charge on any atom is -0.391 e. The van der Waals surface area contributed by atoms with Crippen molar-refractivity contribution in [1.82, 2.24) is 5.32 Å². The molecule has 0 aromatic heterocycles. The van der Waals surface area contributed by atoms with Gasteiger partial charge < -0.3 is 9.84 Å².